The van der Waals surface area contributed by atoms with E-state index in [4.69, 9.17) is 0 Å². The molecular formula is C26H35N2+. The van der Waals surface area contributed by atoms with Crippen molar-refractivity contribution in [2.45, 2.75) is 70.9 Å². The first-order valence-electron chi connectivity index (χ1n) is 10.8. The molecule has 0 N–H and O–H groups in total. The van der Waals surface area contributed by atoms with Crippen LogP contribution in [0.1, 0.15) is 63.6 Å². The third-order valence-electron chi connectivity index (χ3n) is 5.97. The third-order valence-corrected chi connectivity index (χ3v) is 5.97. The lowest BCUT2D eigenvalue weighted by Gasteiger charge is -2.36. The van der Waals surface area contributed by atoms with Crippen molar-refractivity contribution in [1.82, 2.24) is 4.57 Å². The van der Waals surface area contributed by atoms with Crippen LogP contribution in [0.5, 0.6) is 0 Å². The zero-order chi connectivity index (χ0) is 19.8. The van der Waals surface area contributed by atoms with E-state index in [1.807, 2.05) is 0 Å². The minimum atomic E-state index is 0.0286. The molecule has 3 aromatic rings. The molecule has 3 rings (SSSR count). The molecule has 0 saturated carbocycles. The molecule has 0 fully saturated rings. The van der Waals surface area contributed by atoms with Gasteiger partial charge in [-0.2, -0.15) is 0 Å². The Labute approximate surface area is 170 Å². The Hall–Kier alpha value is -2.35. The van der Waals surface area contributed by atoms with Crippen molar-refractivity contribution in [3.8, 4) is 0 Å². The molecule has 0 radical (unpaired) electrons. The second-order valence-electron chi connectivity index (χ2n) is 8.20. The van der Waals surface area contributed by atoms with Crippen molar-refractivity contribution in [2.24, 2.45) is 0 Å². The molecule has 2 unspecified atom stereocenters. The highest BCUT2D eigenvalue weighted by Crippen LogP contribution is 2.41. The Bertz CT molecular complexity index is 822. The summed E-state index contributed by atoms with van der Waals surface area (Å²) in [5, 5.41) is 0. The number of benzene rings is 2. The molecular weight excluding hydrogens is 340 g/mol. The summed E-state index contributed by atoms with van der Waals surface area (Å²) in [5.41, 5.74) is 2.86. The third kappa shape index (κ3) is 4.73. The molecule has 2 heteroatoms. The SMILES string of the molecule is CCCCC(n1cc[n+](CCC)c1)C(C)(Cc1ccccc1)c1ccccc1. The van der Waals surface area contributed by atoms with Gasteiger partial charge in [-0.05, 0) is 36.8 Å². The zero-order valence-corrected chi connectivity index (χ0v) is 17.7. The number of aryl methyl sites for hydroxylation is 1. The topological polar surface area (TPSA) is 8.81 Å². The van der Waals surface area contributed by atoms with E-state index in [2.05, 4.69) is 109 Å². The molecule has 148 valence electrons. The van der Waals surface area contributed by atoms with Crippen molar-refractivity contribution >= 4 is 0 Å². The van der Waals surface area contributed by atoms with E-state index >= 15 is 0 Å². The van der Waals surface area contributed by atoms with Crippen LogP contribution in [-0.4, -0.2) is 4.57 Å². The molecule has 0 amide bonds. The van der Waals surface area contributed by atoms with Crippen LogP contribution in [0.25, 0.3) is 0 Å². The summed E-state index contributed by atoms with van der Waals surface area (Å²) >= 11 is 0. The minimum Gasteiger partial charge on any atom is -0.237 e. The van der Waals surface area contributed by atoms with Crippen molar-refractivity contribution < 1.29 is 4.57 Å². The van der Waals surface area contributed by atoms with Crippen LogP contribution in [0.2, 0.25) is 0 Å². The molecule has 0 spiro atoms. The molecule has 0 aliphatic heterocycles. The first kappa shape index (κ1) is 20.4. The second kappa shape index (κ2) is 9.73. The summed E-state index contributed by atoms with van der Waals surface area (Å²) in [6.45, 7) is 8.07. The number of hydrogen-bond acceptors (Lipinski definition) is 0. The maximum atomic E-state index is 2.47. The molecule has 2 aromatic carbocycles. The van der Waals surface area contributed by atoms with E-state index in [-0.39, 0.29) is 5.41 Å². The van der Waals surface area contributed by atoms with Gasteiger partial charge in [-0.3, -0.25) is 0 Å². The minimum absolute atomic E-state index is 0.0286. The van der Waals surface area contributed by atoms with Crippen molar-refractivity contribution in [2.75, 3.05) is 0 Å². The van der Waals surface area contributed by atoms with E-state index < -0.39 is 0 Å². The molecule has 0 bridgehead atoms. The Morgan fingerprint density at radius 2 is 1.61 bits per heavy atom. The van der Waals surface area contributed by atoms with Crippen LogP contribution in [0, 0.1) is 0 Å². The maximum absolute atomic E-state index is 2.47. The summed E-state index contributed by atoms with van der Waals surface area (Å²) in [6.07, 6.45) is 12.7. The standard InChI is InChI=1S/C26H35N2/c1-4-6-17-25(28-20-19-27(22-28)18-5-2)26(3,24-15-11-8-12-16-24)21-23-13-9-7-10-14-23/h7-16,19-20,22,25H,4-6,17-18,21H2,1-3H3/q+1. The van der Waals surface area contributed by atoms with Gasteiger partial charge in [0.1, 0.15) is 18.4 Å². The summed E-state index contributed by atoms with van der Waals surface area (Å²) in [7, 11) is 0. The molecule has 0 aliphatic carbocycles. The average molecular weight is 376 g/mol. The first-order chi connectivity index (χ1) is 13.7. The Morgan fingerprint density at radius 3 is 2.25 bits per heavy atom. The lowest BCUT2D eigenvalue weighted by molar-refractivity contribution is -0.696. The van der Waals surface area contributed by atoms with Crippen molar-refractivity contribution in [3.05, 3.63) is 90.5 Å². The fourth-order valence-electron chi connectivity index (χ4n) is 4.43. The number of rotatable bonds is 10. The van der Waals surface area contributed by atoms with E-state index in [0.29, 0.717) is 6.04 Å². The lowest BCUT2D eigenvalue weighted by atomic mass is 9.70. The summed E-state index contributed by atoms with van der Waals surface area (Å²) in [4.78, 5) is 0. The highest BCUT2D eigenvalue weighted by Gasteiger charge is 2.40. The number of hydrogen-bond donors (Lipinski definition) is 0. The van der Waals surface area contributed by atoms with Gasteiger partial charge in [0.25, 0.3) is 0 Å². The summed E-state index contributed by atoms with van der Waals surface area (Å²) in [6, 6.07) is 22.5. The van der Waals surface area contributed by atoms with Crippen LogP contribution in [0.15, 0.2) is 79.4 Å². The monoisotopic (exact) mass is 375 g/mol. The van der Waals surface area contributed by atoms with E-state index in [0.717, 1.165) is 19.4 Å². The van der Waals surface area contributed by atoms with Gasteiger partial charge < -0.3 is 0 Å². The smallest absolute Gasteiger partial charge is 0.237 e. The zero-order valence-electron chi connectivity index (χ0n) is 17.7. The Balaban J connectivity index is 2.04. The molecule has 0 aliphatic rings. The molecule has 2 atom stereocenters. The van der Waals surface area contributed by atoms with Crippen molar-refractivity contribution in [1.29, 1.82) is 0 Å². The van der Waals surface area contributed by atoms with Gasteiger partial charge in [0.15, 0.2) is 0 Å². The predicted molar refractivity (Wildman–Crippen MR) is 117 cm³/mol. The van der Waals surface area contributed by atoms with Gasteiger partial charge in [0.05, 0.1) is 6.54 Å². The Kier molecular flexibility index (Phi) is 7.08. The largest absolute Gasteiger partial charge is 0.244 e. The van der Waals surface area contributed by atoms with Crippen LogP contribution in [0.3, 0.4) is 0 Å². The van der Waals surface area contributed by atoms with Gasteiger partial charge >= 0.3 is 0 Å². The molecule has 28 heavy (non-hydrogen) atoms. The average Bonchev–Trinajstić information content (AvgIpc) is 3.18. The maximum Gasteiger partial charge on any atom is 0.244 e. The molecule has 0 saturated heterocycles. The quantitative estimate of drug-likeness (QED) is 0.378. The van der Waals surface area contributed by atoms with Crippen molar-refractivity contribution in [3.63, 3.8) is 0 Å². The van der Waals surface area contributed by atoms with Crippen LogP contribution in [-0.2, 0) is 18.4 Å². The Morgan fingerprint density at radius 1 is 0.929 bits per heavy atom. The fraction of sp³-hybridized carbons (Fsp3) is 0.423. The van der Waals surface area contributed by atoms with Gasteiger partial charge in [-0.25, -0.2) is 9.13 Å². The van der Waals surface area contributed by atoms with E-state index in [1.165, 1.54) is 30.4 Å². The number of imidazole rings is 1. The van der Waals surface area contributed by atoms with Gasteiger partial charge in [-0.15, -0.1) is 0 Å². The summed E-state index contributed by atoms with van der Waals surface area (Å²) < 4.78 is 4.80. The number of unbranched alkanes of at least 4 members (excludes halogenated alkanes) is 1. The molecule has 1 aromatic heterocycles. The van der Waals surface area contributed by atoms with Crippen LogP contribution >= 0.6 is 0 Å². The molecule has 2 nitrogen and oxygen atoms in total. The first-order valence-corrected chi connectivity index (χ1v) is 10.8. The predicted octanol–water partition coefficient (Wildman–Crippen LogP) is 6.12. The van der Waals surface area contributed by atoms with Gasteiger partial charge in [0.2, 0.25) is 6.33 Å². The van der Waals surface area contributed by atoms with Gasteiger partial charge in [-0.1, -0.05) is 87.9 Å². The lowest BCUT2D eigenvalue weighted by Crippen LogP contribution is -2.37. The fourth-order valence-corrected chi connectivity index (χ4v) is 4.43. The van der Waals surface area contributed by atoms with Crippen LogP contribution in [0.4, 0.5) is 0 Å². The summed E-state index contributed by atoms with van der Waals surface area (Å²) in [5.74, 6) is 0. The normalized spacial score (nSPS) is 14.5. The highest BCUT2D eigenvalue weighted by atomic mass is 15.1. The van der Waals surface area contributed by atoms with Gasteiger partial charge in [0, 0.05) is 5.41 Å². The second-order valence-corrected chi connectivity index (χ2v) is 8.20. The van der Waals surface area contributed by atoms with E-state index in [9.17, 15) is 0 Å². The number of aromatic nitrogens is 2. The highest BCUT2D eigenvalue weighted by molar-refractivity contribution is 5.30. The van der Waals surface area contributed by atoms with Crippen LogP contribution < -0.4 is 4.57 Å². The number of nitrogens with zero attached hydrogens (tertiary/aromatic N) is 2. The molecule has 1 heterocycles. The van der Waals surface area contributed by atoms with E-state index in [1.54, 1.807) is 0 Å².